The molecule has 0 saturated carbocycles. The number of anilines is 1. The maximum atomic E-state index is 13.2. The minimum Gasteiger partial charge on any atom is -0.508 e. The molecule has 0 spiro atoms. The minimum absolute atomic E-state index is 0.0823. The first-order chi connectivity index (χ1) is 13.1. The Morgan fingerprint density at radius 1 is 1.22 bits per heavy atom. The third-order valence-corrected chi connectivity index (χ3v) is 6.39. The highest BCUT2D eigenvalue weighted by molar-refractivity contribution is 7.10. The summed E-state index contributed by atoms with van der Waals surface area (Å²) >= 11 is 1.65. The van der Waals surface area contributed by atoms with Gasteiger partial charge in [0, 0.05) is 22.6 Å². The molecule has 2 N–H and O–H groups in total. The van der Waals surface area contributed by atoms with E-state index >= 15 is 0 Å². The number of carbonyl (C=O) groups excluding carboxylic acids is 1. The zero-order valence-electron chi connectivity index (χ0n) is 14.7. The number of carbonyl (C=O) groups is 1. The number of aromatic hydroxyl groups is 1. The smallest absolute Gasteiger partial charge is 0.233 e. The maximum absolute atomic E-state index is 13.2. The number of nitrogens with zero attached hydrogens (tertiary/aromatic N) is 1. The Morgan fingerprint density at radius 2 is 2.04 bits per heavy atom. The number of thiophene rings is 1. The van der Waals surface area contributed by atoms with Crippen molar-refractivity contribution in [2.45, 2.75) is 31.6 Å². The lowest BCUT2D eigenvalue weighted by atomic mass is 9.74. The zero-order valence-corrected chi connectivity index (χ0v) is 15.5. The van der Waals surface area contributed by atoms with Crippen LogP contribution in [0.25, 0.3) is 0 Å². The lowest BCUT2D eigenvalue weighted by Crippen LogP contribution is -2.29. The van der Waals surface area contributed by atoms with E-state index in [9.17, 15) is 9.90 Å². The van der Waals surface area contributed by atoms with Crippen LogP contribution in [0.3, 0.4) is 0 Å². The first-order valence-corrected chi connectivity index (χ1v) is 9.81. The second kappa shape index (κ2) is 6.09. The molecule has 6 heteroatoms. The molecular formula is C21H18N2O3S. The largest absolute Gasteiger partial charge is 0.508 e. The zero-order chi connectivity index (χ0) is 18.5. The number of rotatable bonds is 2. The van der Waals surface area contributed by atoms with Gasteiger partial charge in [-0.25, -0.2) is 0 Å². The molecule has 0 unspecified atom stereocenters. The number of hydrogen-bond donors (Lipinski definition) is 2. The van der Waals surface area contributed by atoms with E-state index in [2.05, 4.69) is 16.5 Å². The SMILES string of the molecule is Cc1noc2c1[C@H](c1cccs1)C1=C(C[C@H](c3ccc(O)cc3)CC1=O)N2. The summed E-state index contributed by atoms with van der Waals surface area (Å²) < 4.78 is 5.52. The fraction of sp³-hybridized carbons (Fsp3) is 0.238. The number of phenols is 1. The standard InChI is InChI=1S/C21H18N2O3S/c1-11-18-20(17-3-2-8-27-17)19-15(22-21(18)26-23-11)9-13(10-16(19)25)12-4-6-14(24)7-5-12/h2-8,13,20,22,24H,9-10H2,1H3/t13-,20-/m0/s1. The van der Waals surface area contributed by atoms with Gasteiger partial charge in [-0.15, -0.1) is 11.3 Å². The Labute approximate surface area is 160 Å². The van der Waals surface area contributed by atoms with Crippen LogP contribution < -0.4 is 5.32 Å². The summed E-state index contributed by atoms with van der Waals surface area (Å²) in [4.78, 5) is 14.4. The number of allylic oxidation sites excluding steroid dienone is 2. The molecule has 0 bridgehead atoms. The van der Waals surface area contributed by atoms with Gasteiger partial charge in [0.1, 0.15) is 5.75 Å². The van der Waals surface area contributed by atoms with Gasteiger partial charge in [0.2, 0.25) is 5.88 Å². The Bertz CT molecular complexity index is 1050. The Kier molecular flexibility index (Phi) is 3.68. The lowest BCUT2D eigenvalue weighted by molar-refractivity contribution is -0.116. The Balaban J connectivity index is 1.60. The van der Waals surface area contributed by atoms with E-state index in [-0.39, 0.29) is 23.4 Å². The monoisotopic (exact) mass is 378 g/mol. The van der Waals surface area contributed by atoms with Crippen LogP contribution in [0.4, 0.5) is 5.88 Å². The number of Topliss-reactive ketones (excluding diaryl/α,β-unsaturated/α-hetero) is 1. The molecular weight excluding hydrogens is 360 g/mol. The van der Waals surface area contributed by atoms with Crippen molar-refractivity contribution in [1.82, 2.24) is 5.16 Å². The molecule has 1 aromatic carbocycles. The van der Waals surface area contributed by atoms with Gasteiger partial charge in [-0.2, -0.15) is 0 Å². The van der Waals surface area contributed by atoms with Crippen molar-refractivity contribution < 1.29 is 14.4 Å². The number of hydrogen-bond acceptors (Lipinski definition) is 6. The van der Waals surface area contributed by atoms with Gasteiger partial charge in [0.05, 0.1) is 17.2 Å². The molecule has 2 atom stereocenters. The molecule has 1 aliphatic carbocycles. The number of nitrogens with one attached hydrogen (secondary N) is 1. The van der Waals surface area contributed by atoms with E-state index in [0.717, 1.165) is 39.4 Å². The van der Waals surface area contributed by atoms with Gasteiger partial charge >= 0.3 is 0 Å². The molecule has 2 aromatic heterocycles. The van der Waals surface area contributed by atoms with Crippen LogP contribution in [0.5, 0.6) is 5.75 Å². The first kappa shape index (κ1) is 16.3. The summed E-state index contributed by atoms with van der Waals surface area (Å²) in [5, 5.41) is 19.0. The van der Waals surface area contributed by atoms with Gasteiger partial charge in [-0.05, 0) is 48.4 Å². The van der Waals surface area contributed by atoms with Gasteiger partial charge in [-0.1, -0.05) is 23.4 Å². The van der Waals surface area contributed by atoms with E-state index in [1.807, 2.05) is 30.5 Å². The quantitative estimate of drug-likeness (QED) is 0.675. The van der Waals surface area contributed by atoms with Crippen molar-refractivity contribution >= 4 is 23.0 Å². The molecule has 3 aromatic rings. The summed E-state index contributed by atoms with van der Waals surface area (Å²) in [6, 6.07) is 11.2. The highest BCUT2D eigenvalue weighted by Gasteiger charge is 2.41. The molecule has 5 nitrogen and oxygen atoms in total. The Hall–Kier alpha value is -2.86. The summed E-state index contributed by atoms with van der Waals surface area (Å²) in [6.45, 7) is 1.92. The number of phenolic OH excluding ortho intramolecular Hbond substituents is 1. The van der Waals surface area contributed by atoms with Crippen LogP contribution in [0, 0.1) is 6.92 Å². The van der Waals surface area contributed by atoms with Crippen LogP contribution >= 0.6 is 11.3 Å². The summed E-state index contributed by atoms with van der Waals surface area (Å²) in [6.07, 6.45) is 1.19. The number of fused-ring (bicyclic) bond motifs is 1. The van der Waals surface area contributed by atoms with E-state index < -0.39 is 0 Å². The third kappa shape index (κ3) is 2.59. The Morgan fingerprint density at radius 3 is 2.78 bits per heavy atom. The van der Waals surface area contributed by atoms with Crippen molar-refractivity contribution in [2.24, 2.45) is 0 Å². The van der Waals surface area contributed by atoms with Crippen LogP contribution in [-0.2, 0) is 4.79 Å². The van der Waals surface area contributed by atoms with Crippen molar-refractivity contribution in [3.05, 3.63) is 74.7 Å². The molecule has 0 saturated heterocycles. The second-order valence-corrected chi connectivity index (χ2v) is 8.08. The van der Waals surface area contributed by atoms with Crippen molar-refractivity contribution in [2.75, 3.05) is 5.32 Å². The number of aryl methyl sites for hydroxylation is 1. The fourth-order valence-corrected chi connectivity index (χ4v) is 5.04. The normalized spacial score (nSPS) is 21.6. The highest BCUT2D eigenvalue weighted by atomic mass is 32.1. The summed E-state index contributed by atoms with van der Waals surface area (Å²) in [5.74, 6) is 1.00. The predicted octanol–water partition coefficient (Wildman–Crippen LogP) is 4.71. The third-order valence-electron chi connectivity index (χ3n) is 5.45. The van der Waals surface area contributed by atoms with E-state index in [4.69, 9.17) is 4.52 Å². The molecule has 1 aliphatic heterocycles. The summed E-state index contributed by atoms with van der Waals surface area (Å²) in [5.41, 5.74) is 4.60. The number of benzene rings is 1. The van der Waals surface area contributed by atoms with Gasteiger partial charge in [0.15, 0.2) is 5.78 Å². The van der Waals surface area contributed by atoms with E-state index in [1.54, 1.807) is 23.5 Å². The molecule has 27 heavy (non-hydrogen) atoms. The topological polar surface area (TPSA) is 75.4 Å². The molecule has 0 amide bonds. The van der Waals surface area contributed by atoms with Crippen LogP contribution in [-0.4, -0.2) is 16.0 Å². The molecule has 0 radical (unpaired) electrons. The van der Waals surface area contributed by atoms with Crippen LogP contribution in [0.1, 0.15) is 46.4 Å². The molecule has 136 valence electrons. The van der Waals surface area contributed by atoms with Crippen molar-refractivity contribution in [3.8, 4) is 5.75 Å². The molecule has 0 fully saturated rings. The molecule has 2 aliphatic rings. The van der Waals surface area contributed by atoms with Gasteiger partial charge in [0.25, 0.3) is 0 Å². The minimum atomic E-state index is -0.115. The maximum Gasteiger partial charge on any atom is 0.233 e. The molecule has 5 rings (SSSR count). The fourth-order valence-electron chi connectivity index (χ4n) is 4.19. The van der Waals surface area contributed by atoms with Crippen LogP contribution in [0.15, 0.2) is 57.6 Å². The van der Waals surface area contributed by atoms with E-state index in [0.29, 0.717) is 12.3 Å². The average molecular weight is 378 g/mol. The highest BCUT2D eigenvalue weighted by Crippen LogP contribution is 2.49. The van der Waals surface area contributed by atoms with Gasteiger partial charge < -0.3 is 14.9 Å². The average Bonchev–Trinajstić information content (AvgIpc) is 3.31. The number of ketones is 1. The predicted molar refractivity (Wildman–Crippen MR) is 103 cm³/mol. The van der Waals surface area contributed by atoms with E-state index in [1.165, 1.54) is 0 Å². The number of aromatic nitrogens is 1. The summed E-state index contributed by atoms with van der Waals surface area (Å²) in [7, 11) is 0. The first-order valence-electron chi connectivity index (χ1n) is 8.93. The second-order valence-electron chi connectivity index (χ2n) is 7.10. The van der Waals surface area contributed by atoms with Gasteiger partial charge in [-0.3, -0.25) is 4.79 Å². The lowest BCUT2D eigenvalue weighted by Gasteiger charge is -2.34. The van der Waals surface area contributed by atoms with Crippen molar-refractivity contribution in [1.29, 1.82) is 0 Å². The molecule has 3 heterocycles. The van der Waals surface area contributed by atoms with Crippen molar-refractivity contribution in [3.63, 3.8) is 0 Å². The van der Waals surface area contributed by atoms with Crippen LogP contribution in [0.2, 0.25) is 0 Å².